The van der Waals surface area contributed by atoms with Crippen LogP contribution in [0.3, 0.4) is 0 Å². The lowest BCUT2D eigenvalue weighted by molar-refractivity contribution is 0.0939. The predicted octanol–water partition coefficient (Wildman–Crippen LogP) is 3.39. The van der Waals surface area contributed by atoms with Crippen molar-refractivity contribution in [2.24, 2.45) is 5.92 Å². The highest BCUT2D eigenvalue weighted by molar-refractivity contribution is 7.12. The molecule has 0 bridgehead atoms. The Morgan fingerprint density at radius 3 is 2.59 bits per heavy atom. The van der Waals surface area contributed by atoms with Gasteiger partial charge in [-0.05, 0) is 48.9 Å². The van der Waals surface area contributed by atoms with Crippen molar-refractivity contribution in [3.05, 3.63) is 58.3 Å². The maximum Gasteiger partial charge on any atom is 0.261 e. The Bertz CT molecular complexity index is 574. The van der Waals surface area contributed by atoms with E-state index in [2.05, 4.69) is 40.5 Å². The van der Waals surface area contributed by atoms with Gasteiger partial charge >= 0.3 is 0 Å². The quantitative estimate of drug-likeness (QED) is 0.917. The van der Waals surface area contributed by atoms with Crippen LogP contribution in [0.5, 0.6) is 0 Å². The molecule has 0 aliphatic carbocycles. The van der Waals surface area contributed by atoms with Gasteiger partial charge in [-0.2, -0.15) is 0 Å². The van der Waals surface area contributed by atoms with Crippen LogP contribution in [0.15, 0.2) is 47.8 Å². The molecule has 4 heteroatoms. The van der Waals surface area contributed by atoms with Crippen molar-refractivity contribution in [3.63, 3.8) is 0 Å². The molecule has 3 rings (SSSR count). The number of nitrogens with zero attached hydrogens (tertiary/aromatic N) is 1. The maximum atomic E-state index is 11.9. The van der Waals surface area contributed by atoms with E-state index in [1.165, 1.54) is 16.9 Å². The molecule has 2 aromatic rings. The summed E-state index contributed by atoms with van der Waals surface area (Å²) in [5.74, 6) is 0.678. The summed E-state index contributed by atoms with van der Waals surface area (Å²) in [7, 11) is 0. The molecule has 0 atom stereocenters. The number of hydrogen-bond acceptors (Lipinski definition) is 3. The molecule has 1 aromatic carbocycles. The fourth-order valence-electron chi connectivity index (χ4n) is 2.92. The van der Waals surface area contributed by atoms with Crippen LogP contribution in [-0.4, -0.2) is 30.4 Å². The SMILES string of the molecule is O=C(NCC1CCN(Cc2ccccc2)CC1)c1cccs1. The van der Waals surface area contributed by atoms with Gasteiger partial charge < -0.3 is 5.32 Å². The first-order chi connectivity index (χ1) is 10.8. The molecule has 22 heavy (non-hydrogen) atoms. The summed E-state index contributed by atoms with van der Waals surface area (Å²) in [6.45, 7) is 4.08. The zero-order valence-electron chi connectivity index (χ0n) is 12.7. The number of likely N-dealkylation sites (tertiary alicyclic amines) is 1. The highest BCUT2D eigenvalue weighted by Gasteiger charge is 2.20. The summed E-state index contributed by atoms with van der Waals surface area (Å²) in [6.07, 6.45) is 2.33. The normalized spacial score (nSPS) is 16.5. The van der Waals surface area contributed by atoms with Crippen LogP contribution in [-0.2, 0) is 6.54 Å². The topological polar surface area (TPSA) is 32.3 Å². The Morgan fingerprint density at radius 2 is 1.91 bits per heavy atom. The molecule has 1 amide bonds. The zero-order chi connectivity index (χ0) is 15.2. The van der Waals surface area contributed by atoms with Crippen LogP contribution in [0.1, 0.15) is 28.1 Å². The molecule has 3 nitrogen and oxygen atoms in total. The number of rotatable bonds is 5. The Kier molecular flexibility index (Phi) is 5.24. The van der Waals surface area contributed by atoms with E-state index in [0.717, 1.165) is 43.9 Å². The minimum atomic E-state index is 0.0710. The van der Waals surface area contributed by atoms with Crippen molar-refractivity contribution >= 4 is 17.2 Å². The average molecular weight is 314 g/mol. The largest absolute Gasteiger partial charge is 0.351 e. The van der Waals surface area contributed by atoms with Gasteiger partial charge in [0, 0.05) is 13.1 Å². The maximum absolute atomic E-state index is 11.9. The molecular formula is C18H22N2OS. The number of piperidine rings is 1. The zero-order valence-corrected chi connectivity index (χ0v) is 13.5. The lowest BCUT2D eigenvalue weighted by Gasteiger charge is -2.32. The third-order valence-electron chi connectivity index (χ3n) is 4.25. The van der Waals surface area contributed by atoms with Crippen molar-refractivity contribution in [1.82, 2.24) is 10.2 Å². The molecule has 0 unspecified atom stereocenters. The van der Waals surface area contributed by atoms with Gasteiger partial charge in [-0.15, -0.1) is 11.3 Å². The van der Waals surface area contributed by atoms with E-state index in [1.807, 2.05) is 17.5 Å². The summed E-state index contributed by atoms with van der Waals surface area (Å²) in [5, 5.41) is 5.01. The van der Waals surface area contributed by atoms with E-state index in [0.29, 0.717) is 5.92 Å². The Hall–Kier alpha value is -1.65. The molecule has 2 heterocycles. The molecular weight excluding hydrogens is 292 g/mol. The molecule has 0 saturated carbocycles. The van der Waals surface area contributed by atoms with Crippen LogP contribution in [0.25, 0.3) is 0 Å². The van der Waals surface area contributed by atoms with Crippen LogP contribution in [0.4, 0.5) is 0 Å². The third-order valence-corrected chi connectivity index (χ3v) is 5.12. The molecule has 0 spiro atoms. The van der Waals surface area contributed by atoms with Crippen molar-refractivity contribution in [2.45, 2.75) is 19.4 Å². The van der Waals surface area contributed by atoms with E-state index in [1.54, 1.807) is 0 Å². The van der Waals surface area contributed by atoms with Crippen LogP contribution in [0, 0.1) is 5.92 Å². The first-order valence-electron chi connectivity index (χ1n) is 7.89. The van der Waals surface area contributed by atoms with E-state index in [-0.39, 0.29) is 5.91 Å². The molecule has 1 N–H and O–H groups in total. The smallest absolute Gasteiger partial charge is 0.261 e. The lowest BCUT2D eigenvalue weighted by Crippen LogP contribution is -2.38. The number of thiophene rings is 1. The van der Waals surface area contributed by atoms with Gasteiger partial charge in [-0.1, -0.05) is 36.4 Å². The number of carbonyl (C=O) groups excluding carboxylic acids is 1. The summed E-state index contributed by atoms with van der Waals surface area (Å²) in [6, 6.07) is 14.4. The second-order valence-corrected chi connectivity index (χ2v) is 6.84. The highest BCUT2D eigenvalue weighted by Crippen LogP contribution is 2.18. The fraction of sp³-hybridized carbons (Fsp3) is 0.389. The van der Waals surface area contributed by atoms with Gasteiger partial charge in [-0.3, -0.25) is 9.69 Å². The molecule has 1 aliphatic heterocycles. The van der Waals surface area contributed by atoms with Crippen molar-refractivity contribution < 1.29 is 4.79 Å². The van der Waals surface area contributed by atoms with Gasteiger partial charge in [0.05, 0.1) is 4.88 Å². The summed E-state index contributed by atoms with van der Waals surface area (Å²) < 4.78 is 0. The molecule has 1 saturated heterocycles. The average Bonchev–Trinajstić information content (AvgIpc) is 3.09. The molecule has 1 aliphatic rings. The number of carbonyl (C=O) groups is 1. The summed E-state index contributed by atoms with van der Waals surface area (Å²) >= 11 is 1.50. The monoisotopic (exact) mass is 314 g/mol. The molecule has 0 radical (unpaired) electrons. The molecule has 116 valence electrons. The minimum Gasteiger partial charge on any atom is -0.351 e. The third kappa shape index (κ3) is 4.18. The minimum absolute atomic E-state index is 0.0710. The summed E-state index contributed by atoms with van der Waals surface area (Å²) in [5.41, 5.74) is 1.38. The number of benzene rings is 1. The van der Waals surface area contributed by atoms with Crippen LogP contribution < -0.4 is 5.32 Å². The molecule has 1 aromatic heterocycles. The Balaban J connectivity index is 1.39. The second-order valence-electron chi connectivity index (χ2n) is 5.89. The fourth-order valence-corrected chi connectivity index (χ4v) is 3.56. The Labute approximate surface area is 136 Å². The summed E-state index contributed by atoms with van der Waals surface area (Å²) in [4.78, 5) is 15.3. The van der Waals surface area contributed by atoms with Crippen molar-refractivity contribution in [1.29, 1.82) is 0 Å². The van der Waals surface area contributed by atoms with Gasteiger partial charge in [0.15, 0.2) is 0 Å². The van der Waals surface area contributed by atoms with Crippen molar-refractivity contribution in [3.8, 4) is 0 Å². The van der Waals surface area contributed by atoms with Crippen molar-refractivity contribution in [2.75, 3.05) is 19.6 Å². The van der Waals surface area contributed by atoms with E-state index >= 15 is 0 Å². The molecule has 1 fully saturated rings. The van der Waals surface area contributed by atoms with Crippen LogP contribution in [0.2, 0.25) is 0 Å². The van der Waals surface area contributed by atoms with E-state index in [9.17, 15) is 4.79 Å². The Morgan fingerprint density at radius 1 is 1.14 bits per heavy atom. The first-order valence-corrected chi connectivity index (χ1v) is 8.77. The van der Waals surface area contributed by atoms with Crippen LogP contribution >= 0.6 is 11.3 Å². The van der Waals surface area contributed by atoms with E-state index < -0.39 is 0 Å². The predicted molar refractivity (Wildman–Crippen MR) is 91.1 cm³/mol. The number of nitrogens with one attached hydrogen (secondary N) is 1. The van der Waals surface area contributed by atoms with Gasteiger partial charge in [-0.25, -0.2) is 0 Å². The van der Waals surface area contributed by atoms with Gasteiger partial charge in [0.1, 0.15) is 0 Å². The number of hydrogen-bond donors (Lipinski definition) is 1. The standard InChI is InChI=1S/C18H22N2OS/c21-18(17-7-4-12-22-17)19-13-15-8-10-20(11-9-15)14-16-5-2-1-3-6-16/h1-7,12,15H,8-11,13-14H2,(H,19,21). The first kappa shape index (κ1) is 15.3. The van der Waals surface area contributed by atoms with Gasteiger partial charge in [0.25, 0.3) is 5.91 Å². The van der Waals surface area contributed by atoms with Gasteiger partial charge in [0.2, 0.25) is 0 Å². The number of amides is 1. The second kappa shape index (κ2) is 7.56. The highest BCUT2D eigenvalue weighted by atomic mass is 32.1. The lowest BCUT2D eigenvalue weighted by atomic mass is 9.96. The van der Waals surface area contributed by atoms with E-state index in [4.69, 9.17) is 0 Å².